The molecule has 1 atom stereocenters. The van der Waals surface area contributed by atoms with Crippen molar-refractivity contribution in [2.45, 2.75) is 31.3 Å². The molecule has 0 heterocycles. The van der Waals surface area contributed by atoms with Gasteiger partial charge in [-0.2, -0.15) is 5.26 Å². The molecule has 0 aliphatic carbocycles. The summed E-state index contributed by atoms with van der Waals surface area (Å²) in [4.78, 5) is 0.0308. The molecule has 0 amide bonds. The molecule has 0 aliphatic heterocycles. The largest absolute Gasteiger partial charge is 0.392 e. The lowest BCUT2D eigenvalue weighted by Crippen LogP contribution is -2.32. The molecular formula is C13H18N2O3S. The van der Waals surface area contributed by atoms with Crippen LogP contribution in [-0.2, 0) is 10.0 Å². The number of sulfonamides is 1. The minimum Gasteiger partial charge on any atom is -0.392 e. The summed E-state index contributed by atoms with van der Waals surface area (Å²) in [5.41, 5.74) is 0.283. The van der Waals surface area contributed by atoms with Crippen LogP contribution in [-0.4, -0.2) is 26.2 Å². The van der Waals surface area contributed by atoms with Crippen LogP contribution in [0.5, 0.6) is 0 Å². The summed E-state index contributed by atoms with van der Waals surface area (Å²) in [5.74, 6) is 0.293. The van der Waals surface area contributed by atoms with E-state index in [1.54, 1.807) is 0 Å². The third kappa shape index (κ3) is 4.99. The smallest absolute Gasteiger partial charge is 0.240 e. The molecular weight excluding hydrogens is 264 g/mol. The maximum Gasteiger partial charge on any atom is 0.240 e. The van der Waals surface area contributed by atoms with Crippen molar-refractivity contribution < 1.29 is 13.5 Å². The van der Waals surface area contributed by atoms with Crippen molar-refractivity contribution in [3.8, 4) is 6.07 Å². The lowest BCUT2D eigenvalue weighted by atomic mass is 10.1. The Balaban J connectivity index is 2.73. The Labute approximate surface area is 113 Å². The van der Waals surface area contributed by atoms with Gasteiger partial charge in [-0.15, -0.1) is 0 Å². The van der Waals surface area contributed by atoms with E-state index in [9.17, 15) is 13.5 Å². The molecule has 5 nitrogen and oxygen atoms in total. The number of nitrogens with one attached hydrogen (secondary N) is 1. The molecule has 0 saturated heterocycles. The molecule has 104 valence electrons. The van der Waals surface area contributed by atoms with Crippen molar-refractivity contribution in [1.29, 1.82) is 5.26 Å². The van der Waals surface area contributed by atoms with Crippen molar-refractivity contribution >= 4 is 10.0 Å². The fraction of sp³-hybridized carbons (Fsp3) is 0.462. The molecule has 0 radical (unpaired) electrons. The second-order valence-corrected chi connectivity index (χ2v) is 6.54. The Bertz CT molecular complexity index is 561. The lowest BCUT2D eigenvalue weighted by molar-refractivity contribution is 0.152. The zero-order chi connectivity index (χ0) is 14.5. The fourth-order valence-corrected chi connectivity index (χ4v) is 2.77. The predicted molar refractivity (Wildman–Crippen MR) is 71.8 cm³/mol. The average molecular weight is 282 g/mol. The molecule has 0 spiro atoms. The molecule has 1 unspecified atom stereocenters. The molecule has 6 heteroatoms. The molecule has 0 saturated carbocycles. The number of hydrogen-bond donors (Lipinski definition) is 2. The van der Waals surface area contributed by atoms with Gasteiger partial charge >= 0.3 is 0 Å². The second-order valence-electron chi connectivity index (χ2n) is 4.77. The van der Waals surface area contributed by atoms with Gasteiger partial charge in [0.1, 0.15) is 0 Å². The van der Waals surface area contributed by atoms with E-state index in [1.807, 2.05) is 19.9 Å². The third-order valence-corrected chi connectivity index (χ3v) is 3.95. The summed E-state index contributed by atoms with van der Waals surface area (Å²) in [6.45, 7) is 3.87. The Morgan fingerprint density at radius 2 is 2.11 bits per heavy atom. The standard InChI is InChI=1S/C13H18N2O3S/c1-10(2)6-12(16)9-15-19(17,18)13-5-3-4-11(7-13)8-14/h3-5,7,10,12,15-16H,6,9H2,1-2H3. The Hall–Kier alpha value is -1.42. The van der Waals surface area contributed by atoms with Gasteiger partial charge in [-0.05, 0) is 30.5 Å². The fourth-order valence-electron chi connectivity index (χ4n) is 1.65. The second kappa shape index (κ2) is 6.66. The number of nitriles is 1. The van der Waals surface area contributed by atoms with Gasteiger partial charge in [-0.1, -0.05) is 19.9 Å². The first kappa shape index (κ1) is 15.6. The molecule has 0 aromatic heterocycles. The van der Waals surface area contributed by atoms with Gasteiger partial charge in [0, 0.05) is 6.54 Å². The molecule has 1 aromatic carbocycles. The lowest BCUT2D eigenvalue weighted by Gasteiger charge is -2.14. The van der Waals surface area contributed by atoms with Crippen LogP contribution in [0.4, 0.5) is 0 Å². The zero-order valence-corrected chi connectivity index (χ0v) is 11.8. The topological polar surface area (TPSA) is 90.2 Å². The Morgan fingerprint density at radius 1 is 1.42 bits per heavy atom. The van der Waals surface area contributed by atoms with Crippen LogP contribution in [0.25, 0.3) is 0 Å². The van der Waals surface area contributed by atoms with Gasteiger partial charge in [0.15, 0.2) is 0 Å². The summed E-state index contributed by atoms with van der Waals surface area (Å²) in [7, 11) is -3.68. The first-order chi connectivity index (χ1) is 8.85. The first-order valence-electron chi connectivity index (χ1n) is 6.03. The summed E-state index contributed by atoms with van der Waals surface area (Å²) in [6, 6.07) is 7.65. The van der Waals surface area contributed by atoms with Gasteiger partial charge in [0.05, 0.1) is 22.6 Å². The van der Waals surface area contributed by atoms with Crippen LogP contribution in [0.3, 0.4) is 0 Å². The summed E-state index contributed by atoms with van der Waals surface area (Å²) >= 11 is 0. The van der Waals surface area contributed by atoms with Gasteiger partial charge in [0.25, 0.3) is 0 Å². The van der Waals surface area contributed by atoms with Crippen molar-refractivity contribution in [1.82, 2.24) is 4.72 Å². The van der Waals surface area contributed by atoms with Crippen molar-refractivity contribution in [3.05, 3.63) is 29.8 Å². The summed E-state index contributed by atoms with van der Waals surface area (Å²) in [5, 5.41) is 18.4. The highest BCUT2D eigenvalue weighted by atomic mass is 32.2. The molecule has 0 bridgehead atoms. The minimum atomic E-state index is -3.68. The Kier molecular flexibility index (Phi) is 5.48. The molecule has 1 aromatic rings. The summed E-state index contributed by atoms with van der Waals surface area (Å²) in [6.07, 6.45) is -0.185. The van der Waals surface area contributed by atoms with Crippen LogP contribution in [0.15, 0.2) is 29.2 Å². The van der Waals surface area contributed by atoms with E-state index < -0.39 is 16.1 Å². The average Bonchev–Trinajstić information content (AvgIpc) is 2.36. The number of aliphatic hydroxyl groups excluding tert-OH is 1. The number of nitrogens with zero attached hydrogens (tertiary/aromatic N) is 1. The van der Waals surface area contributed by atoms with Crippen molar-refractivity contribution in [2.24, 2.45) is 5.92 Å². The van der Waals surface area contributed by atoms with E-state index in [0.29, 0.717) is 12.3 Å². The monoisotopic (exact) mass is 282 g/mol. The normalized spacial score (nSPS) is 13.2. The molecule has 19 heavy (non-hydrogen) atoms. The van der Waals surface area contributed by atoms with Gasteiger partial charge in [-0.25, -0.2) is 13.1 Å². The van der Waals surface area contributed by atoms with Crippen molar-refractivity contribution in [3.63, 3.8) is 0 Å². The minimum absolute atomic E-state index is 0.0305. The van der Waals surface area contributed by atoms with E-state index in [0.717, 1.165) is 0 Å². The van der Waals surface area contributed by atoms with Gasteiger partial charge < -0.3 is 5.11 Å². The van der Waals surface area contributed by atoms with Gasteiger partial charge in [-0.3, -0.25) is 0 Å². The quantitative estimate of drug-likeness (QED) is 0.821. The van der Waals surface area contributed by atoms with E-state index in [1.165, 1.54) is 24.3 Å². The van der Waals surface area contributed by atoms with E-state index in [-0.39, 0.29) is 17.0 Å². The van der Waals surface area contributed by atoms with E-state index in [2.05, 4.69) is 4.72 Å². The SMILES string of the molecule is CC(C)CC(O)CNS(=O)(=O)c1cccc(C#N)c1. The molecule has 0 fully saturated rings. The highest BCUT2D eigenvalue weighted by Crippen LogP contribution is 2.11. The van der Waals surface area contributed by atoms with E-state index >= 15 is 0 Å². The highest BCUT2D eigenvalue weighted by molar-refractivity contribution is 7.89. The number of hydrogen-bond acceptors (Lipinski definition) is 4. The van der Waals surface area contributed by atoms with Crippen LogP contribution in [0.2, 0.25) is 0 Å². The number of aliphatic hydroxyl groups is 1. The number of benzene rings is 1. The van der Waals surface area contributed by atoms with Crippen molar-refractivity contribution in [2.75, 3.05) is 6.54 Å². The molecule has 2 N–H and O–H groups in total. The van der Waals surface area contributed by atoms with Crippen LogP contribution in [0.1, 0.15) is 25.8 Å². The maximum atomic E-state index is 12.0. The van der Waals surface area contributed by atoms with E-state index in [4.69, 9.17) is 5.26 Å². The predicted octanol–water partition coefficient (Wildman–Crippen LogP) is 1.24. The van der Waals surface area contributed by atoms with Crippen LogP contribution >= 0.6 is 0 Å². The highest BCUT2D eigenvalue weighted by Gasteiger charge is 2.16. The molecule has 1 rings (SSSR count). The van der Waals surface area contributed by atoms with Crippen LogP contribution < -0.4 is 4.72 Å². The Morgan fingerprint density at radius 3 is 2.68 bits per heavy atom. The maximum absolute atomic E-state index is 12.0. The van der Waals surface area contributed by atoms with Gasteiger partial charge in [0.2, 0.25) is 10.0 Å². The first-order valence-corrected chi connectivity index (χ1v) is 7.51. The molecule has 0 aliphatic rings. The van der Waals surface area contributed by atoms with Crippen LogP contribution in [0, 0.1) is 17.2 Å². The number of rotatable bonds is 6. The third-order valence-electron chi connectivity index (χ3n) is 2.53. The summed E-state index contributed by atoms with van der Waals surface area (Å²) < 4.78 is 26.3. The zero-order valence-electron chi connectivity index (χ0n) is 11.0.